The summed E-state index contributed by atoms with van der Waals surface area (Å²) in [6, 6.07) is 9.70. The molecule has 0 spiro atoms. The monoisotopic (exact) mass is 300 g/mol. The van der Waals surface area contributed by atoms with Gasteiger partial charge >= 0.3 is 0 Å². The van der Waals surface area contributed by atoms with Gasteiger partial charge in [0.05, 0.1) is 5.56 Å². The van der Waals surface area contributed by atoms with Crippen molar-refractivity contribution in [3.8, 4) is 0 Å². The average Bonchev–Trinajstić information content (AvgIpc) is 2.48. The van der Waals surface area contributed by atoms with Crippen LogP contribution >= 0.6 is 11.8 Å². The first-order valence-corrected chi connectivity index (χ1v) is 8.17. The number of hydrogen-bond donors (Lipinski definition) is 1. The summed E-state index contributed by atoms with van der Waals surface area (Å²) in [5, 5.41) is 3.80. The third kappa shape index (κ3) is 3.45. The molecular formula is C17H20N2OS. The molecule has 1 amide bonds. The number of aromatic nitrogens is 1. The van der Waals surface area contributed by atoms with Crippen LogP contribution in [-0.2, 0) is 0 Å². The van der Waals surface area contributed by atoms with Gasteiger partial charge in [-0.25, -0.2) is 4.98 Å². The zero-order valence-electron chi connectivity index (χ0n) is 12.8. The van der Waals surface area contributed by atoms with E-state index in [2.05, 4.69) is 30.2 Å². The quantitative estimate of drug-likeness (QED) is 0.846. The Labute approximate surface area is 130 Å². The normalized spacial score (nSPS) is 10.7. The van der Waals surface area contributed by atoms with E-state index in [1.165, 1.54) is 11.8 Å². The van der Waals surface area contributed by atoms with E-state index >= 15 is 0 Å². The van der Waals surface area contributed by atoms with Crippen LogP contribution in [0.15, 0.2) is 41.6 Å². The Bertz CT molecular complexity index is 653. The van der Waals surface area contributed by atoms with Crippen molar-refractivity contribution in [3.05, 3.63) is 53.2 Å². The van der Waals surface area contributed by atoms with Gasteiger partial charge in [-0.15, -0.1) is 11.8 Å². The van der Waals surface area contributed by atoms with E-state index in [9.17, 15) is 4.79 Å². The van der Waals surface area contributed by atoms with Crippen molar-refractivity contribution in [3.63, 3.8) is 0 Å². The Morgan fingerprint density at radius 2 is 2.00 bits per heavy atom. The molecule has 0 unspecified atom stereocenters. The van der Waals surface area contributed by atoms with Gasteiger partial charge in [-0.3, -0.25) is 4.79 Å². The summed E-state index contributed by atoms with van der Waals surface area (Å²) in [6.07, 6.45) is 3.63. The first kappa shape index (κ1) is 15.6. The Hall–Kier alpha value is -1.81. The highest BCUT2D eigenvalue weighted by Crippen LogP contribution is 2.28. The summed E-state index contributed by atoms with van der Waals surface area (Å²) in [5.41, 5.74) is 3.75. The van der Waals surface area contributed by atoms with Crippen LogP contribution in [0.2, 0.25) is 0 Å². The standard InChI is InChI=1S/C17H20N2OS/c1-11(2)13-8-5-7-12(3)15(13)19-16(20)14-9-6-10-18-17(14)21-4/h5-11H,1-4H3,(H,19,20). The highest BCUT2D eigenvalue weighted by atomic mass is 32.2. The van der Waals surface area contributed by atoms with Crippen LogP contribution < -0.4 is 5.32 Å². The highest BCUT2D eigenvalue weighted by molar-refractivity contribution is 7.98. The smallest absolute Gasteiger partial charge is 0.258 e. The van der Waals surface area contributed by atoms with Crippen LogP contribution in [0.1, 0.15) is 41.3 Å². The van der Waals surface area contributed by atoms with Crippen LogP contribution in [0.5, 0.6) is 0 Å². The Morgan fingerprint density at radius 1 is 1.24 bits per heavy atom. The van der Waals surface area contributed by atoms with Crippen molar-refractivity contribution in [2.45, 2.75) is 31.7 Å². The summed E-state index contributed by atoms with van der Waals surface area (Å²) in [6.45, 7) is 6.27. The Kier molecular flexibility index (Phi) is 5.02. The minimum absolute atomic E-state index is 0.108. The van der Waals surface area contributed by atoms with E-state index in [4.69, 9.17) is 0 Å². The first-order chi connectivity index (χ1) is 10.0. The summed E-state index contributed by atoms with van der Waals surface area (Å²) < 4.78 is 0. The minimum atomic E-state index is -0.108. The molecule has 0 aliphatic rings. The van der Waals surface area contributed by atoms with Gasteiger partial charge in [0.25, 0.3) is 5.91 Å². The molecule has 21 heavy (non-hydrogen) atoms. The van der Waals surface area contributed by atoms with Crippen molar-refractivity contribution in [2.24, 2.45) is 0 Å². The molecule has 0 saturated heterocycles. The second-order valence-electron chi connectivity index (χ2n) is 5.21. The Balaban J connectivity index is 2.36. The maximum atomic E-state index is 12.6. The van der Waals surface area contributed by atoms with E-state index in [0.29, 0.717) is 11.5 Å². The number of thioether (sulfide) groups is 1. The molecule has 1 N–H and O–H groups in total. The molecule has 0 fully saturated rings. The van der Waals surface area contributed by atoms with Crippen molar-refractivity contribution in [1.29, 1.82) is 0 Å². The van der Waals surface area contributed by atoms with Crippen LogP contribution in [0, 0.1) is 6.92 Å². The van der Waals surface area contributed by atoms with Crippen molar-refractivity contribution in [1.82, 2.24) is 4.98 Å². The second kappa shape index (κ2) is 6.76. The molecule has 110 valence electrons. The number of benzene rings is 1. The predicted octanol–water partition coefficient (Wildman–Crippen LogP) is 4.49. The maximum absolute atomic E-state index is 12.6. The number of nitrogens with one attached hydrogen (secondary N) is 1. The molecule has 1 aromatic carbocycles. The molecule has 0 aliphatic heterocycles. The minimum Gasteiger partial charge on any atom is -0.321 e. The molecule has 0 aliphatic carbocycles. The summed E-state index contributed by atoms with van der Waals surface area (Å²) >= 11 is 1.48. The zero-order chi connectivity index (χ0) is 15.4. The van der Waals surface area contributed by atoms with Gasteiger partial charge in [0, 0.05) is 11.9 Å². The molecule has 0 atom stereocenters. The number of amides is 1. The van der Waals surface area contributed by atoms with E-state index in [0.717, 1.165) is 21.8 Å². The van der Waals surface area contributed by atoms with Crippen molar-refractivity contribution >= 4 is 23.4 Å². The van der Waals surface area contributed by atoms with Gasteiger partial charge in [-0.2, -0.15) is 0 Å². The number of carbonyl (C=O) groups is 1. The van der Waals surface area contributed by atoms with Gasteiger partial charge < -0.3 is 5.32 Å². The number of hydrogen-bond acceptors (Lipinski definition) is 3. The molecule has 2 rings (SSSR count). The lowest BCUT2D eigenvalue weighted by Gasteiger charge is -2.17. The molecule has 1 heterocycles. The number of rotatable bonds is 4. The van der Waals surface area contributed by atoms with Gasteiger partial charge in [0.15, 0.2) is 0 Å². The van der Waals surface area contributed by atoms with Gasteiger partial charge in [-0.05, 0) is 42.4 Å². The number of anilines is 1. The van der Waals surface area contributed by atoms with Gasteiger partial charge in [0.2, 0.25) is 0 Å². The molecule has 0 radical (unpaired) electrons. The fourth-order valence-electron chi connectivity index (χ4n) is 2.25. The third-order valence-electron chi connectivity index (χ3n) is 3.37. The average molecular weight is 300 g/mol. The van der Waals surface area contributed by atoms with Crippen LogP contribution in [0.25, 0.3) is 0 Å². The second-order valence-corrected chi connectivity index (χ2v) is 6.00. The van der Waals surface area contributed by atoms with Crippen LogP contribution in [-0.4, -0.2) is 17.1 Å². The third-order valence-corrected chi connectivity index (χ3v) is 4.09. The molecule has 2 aromatic rings. The molecule has 0 saturated carbocycles. The lowest BCUT2D eigenvalue weighted by Crippen LogP contribution is -2.16. The van der Waals surface area contributed by atoms with Gasteiger partial charge in [0.1, 0.15) is 5.03 Å². The maximum Gasteiger partial charge on any atom is 0.258 e. The Morgan fingerprint density at radius 3 is 2.67 bits per heavy atom. The lowest BCUT2D eigenvalue weighted by atomic mass is 9.98. The van der Waals surface area contributed by atoms with Gasteiger partial charge in [-0.1, -0.05) is 32.0 Å². The number of carbonyl (C=O) groups excluding carboxylic acids is 1. The molecule has 4 heteroatoms. The first-order valence-electron chi connectivity index (χ1n) is 6.94. The topological polar surface area (TPSA) is 42.0 Å². The van der Waals surface area contributed by atoms with Crippen LogP contribution in [0.3, 0.4) is 0 Å². The number of para-hydroxylation sites is 1. The summed E-state index contributed by atoms with van der Waals surface area (Å²) in [4.78, 5) is 16.8. The zero-order valence-corrected chi connectivity index (χ0v) is 13.6. The summed E-state index contributed by atoms with van der Waals surface area (Å²) in [7, 11) is 0. The van der Waals surface area contributed by atoms with Crippen molar-refractivity contribution in [2.75, 3.05) is 11.6 Å². The molecular weight excluding hydrogens is 280 g/mol. The van der Waals surface area contributed by atoms with E-state index in [1.807, 2.05) is 31.4 Å². The molecule has 1 aromatic heterocycles. The number of aryl methyl sites for hydroxylation is 1. The number of nitrogens with zero attached hydrogens (tertiary/aromatic N) is 1. The largest absolute Gasteiger partial charge is 0.321 e. The van der Waals surface area contributed by atoms with E-state index in [-0.39, 0.29) is 5.91 Å². The molecule has 0 bridgehead atoms. The fourth-order valence-corrected chi connectivity index (χ4v) is 2.80. The predicted molar refractivity (Wildman–Crippen MR) is 89.2 cm³/mol. The highest BCUT2D eigenvalue weighted by Gasteiger charge is 2.16. The summed E-state index contributed by atoms with van der Waals surface area (Å²) in [5.74, 6) is 0.248. The van der Waals surface area contributed by atoms with Crippen LogP contribution in [0.4, 0.5) is 5.69 Å². The number of pyridine rings is 1. The lowest BCUT2D eigenvalue weighted by molar-refractivity contribution is 0.102. The van der Waals surface area contributed by atoms with E-state index in [1.54, 1.807) is 12.3 Å². The fraction of sp³-hybridized carbons (Fsp3) is 0.294. The van der Waals surface area contributed by atoms with E-state index < -0.39 is 0 Å². The SMILES string of the molecule is CSc1ncccc1C(=O)Nc1c(C)cccc1C(C)C. The van der Waals surface area contributed by atoms with Crippen molar-refractivity contribution < 1.29 is 4.79 Å². The molecule has 3 nitrogen and oxygen atoms in total.